The first-order valence-corrected chi connectivity index (χ1v) is 6.61. The molecule has 0 radical (unpaired) electrons. The first kappa shape index (κ1) is 17.9. The third kappa shape index (κ3) is 5.32. The summed E-state index contributed by atoms with van der Waals surface area (Å²) in [6.07, 6.45) is -3.12. The molecule has 9 heteroatoms. The smallest absolute Gasteiger partial charge is 0.305 e. The molecule has 1 heterocycles. The molecule has 1 fully saturated rings. The van der Waals surface area contributed by atoms with E-state index >= 15 is 0 Å². The van der Waals surface area contributed by atoms with E-state index in [1.54, 1.807) is 0 Å². The van der Waals surface area contributed by atoms with Crippen molar-refractivity contribution in [3.8, 4) is 0 Å². The number of ether oxygens (including phenoxy) is 4. The molecule has 1 rings (SSSR count). The van der Waals surface area contributed by atoms with Crippen molar-refractivity contribution in [2.45, 2.75) is 52.2 Å². The van der Waals surface area contributed by atoms with Crippen molar-refractivity contribution in [3.05, 3.63) is 0 Å². The molecule has 0 aromatic heterocycles. The van der Waals surface area contributed by atoms with Crippen LogP contribution in [0.15, 0.2) is 0 Å². The molecule has 1 amide bonds. The lowest BCUT2D eigenvalue weighted by Gasteiger charge is -2.40. The summed E-state index contributed by atoms with van der Waals surface area (Å²) in [5.74, 6) is -2.32. The minimum absolute atomic E-state index is 0.147. The molecule has 1 N–H and O–H groups in total. The molecule has 0 aromatic rings. The van der Waals surface area contributed by atoms with E-state index in [1.165, 1.54) is 27.7 Å². The fourth-order valence-corrected chi connectivity index (χ4v) is 2.09. The maximum absolute atomic E-state index is 11.3. The Balaban J connectivity index is 3.03. The molecule has 124 valence electrons. The fourth-order valence-electron chi connectivity index (χ4n) is 2.09. The number of rotatable bonds is 4. The molecule has 1 aliphatic heterocycles. The van der Waals surface area contributed by atoms with Crippen molar-refractivity contribution in [3.63, 3.8) is 0 Å². The molecule has 0 aromatic carbocycles. The van der Waals surface area contributed by atoms with Crippen LogP contribution < -0.4 is 5.32 Å². The summed E-state index contributed by atoms with van der Waals surface area (Å²) in [5, 5.41) is 2.49. The van der Waals surface area contributed by atoms with Crippen LogP contribution in [-0.4, -0.2) is 55.0 Å². The van der Waals surface area contributed by atoms with Gasteiger partial charge in [0, 0.05) is 27.7 Å². The molecule has 0 spiro atoms. The summed E-state index contributed by atoms with van der Waals surface area (Å²) < 4.78 is 20.4. The molecule has 0 bridgehead atoms. The molecular formula is C13H19NO8. The Morgan fingerprint density at radius 1 is 0.909 bits per heavy atom. The van der Waals surface area contributed by atoms with E-state index in [-0.39, 0.29) is 6.61 Å². The van der Waals surface area contributed by atoms with Gasteiger partial charge in [-0.05, 0) is 0 Å². The predicted molar refractivity (Wildman–Crippen MR) is 70.2 cm³/mol. The largest absolute Gasteiger partial charge is 0.456 e. The van der Waals surface area contributed by atoms with Gasteiger partial charge in [-0.2, -0.15) is 0 Å². The molecule has 9 nitrogen and oxygen atoms in total. The van der Waals surface area contributed by atoms with E-state index in [9.17, 15) is 19.2 Å². The summed E-state index contributed by atoms with van der Waals surface area (Å²) in [6.45, 7) is 4.63. The Hall–Kier alpha value is -2.16. The average Bonchev–Trinajstić information content (AvgIpc) is 2.34. The van der Waals surface area contributed by atoms with E-state index in [0.29, 0.717) is 0 Å². The Morgan fingerprint density at radius 2 is 1.45 bits per heavy atom. The number of hydrogen-bond donors (Lipinski definition) is 1. The second-order valence-electron chi connectivity index (χ2n) is 4.76. The van der Waals surface area contributed by atoms with Gasteiger partial charge < -0.3 is 24.3 Å². The van der Waals surface area contributed by atoms with E-state index in [2.05, 4.69) is 5.32 Å². The second-order valence-corrected chi connectivity index (χ2v) is 4.76. The standard InChI is InChI=1S/C13H19NO8/c1-6(15)14-11-12(21-8(3)17)10(20-7(2)16)5-19-13(11)22-9(4)18/h10-13H,5H2,1-4H3,(H,14,15). The highest BCUT2D eigenvalue weighted by Gasteiger charge is 2.46. The van der Waals surface area contributed by atoms with Gasteiger partial charge in [-0.15, -0.1) is 0 Å². The van der Waals surface area contributed by atoms with Gasteiger partial charge in [0.05, 0.1) is 6.61 Å². The van der Waals surface area contributed by atoms with Crippen molar-refractivity contribution in [1.82, 2.24) is 5.32 Å². The fraction of sp³-hybridized carbons (Fsp3) is 0.692. The monoisotopic (exact) mass is 317 g/mol. The Kier molecular flexibility index (Phi) is 6.29. The topological polar surface area (TPSA) is 117 Å². The highest BCUT2D eigenvalue weighted by Crippen LogP contribution is 2.22. The van der Waals surface area contributed by atoms with Crippen LogP contribution in [0.4, 0.5) is 0 Å². The molecule has 22 heavy (non-hydrogen) atoms. The number of esters is 3. The maximum atomic E-state index is 11.3. The van der Waals surface area contributed by atoms with Gasteiger partial charge in [0.2, 0.25) is 12.2 Å². The Labute approximate surface area is 127 Å². The van der Waals surface area contributed by atoms with Crippen molar-refractivity contribution >= 4 is 23.8 Å². The lowest BCUT2D eigenvalue weighted by molar-refractivity contribution is -0.240. The lowest BCUT2D eigenvalue weighted by Crippen LogP contribution is -2.63. The highest BCUT2D eigenvalue weighted by molar-refractivity contribution is 5.74. The summed E-state index contributed by atoms with van der Waals surface area (Å²) in [6, 6.07) is -0.997. The van der Waals surface area contributed by atoms with Gasteiger partial charge in [0.1, 0.15) is 6.04 Å². The van der Waals surface area contributed by atoms with Crippen LogP contribution in [0.1, 0.15) is 27.7 Å². The van der Waals surface area contributed by atoms with Crippen LogP contribution >= 0.6 is 0 Å². The zero-order chi connectivity index (χ0) is 16.9. The van der Waals surface area contributed by atoms with Gasteiger partial charge >= 0.3 is 17.9 Å². The molecule has 0 aliphatic carbocycles. The first-order valence-electron chi connectivity index (χ1n) is 6.61. The Morgan fingerprint density at radius 3 is 1.91 bits per heavy atom. The zero-order valence-corrected chi connectivity index (χ0v) is 12.8. The third-order valence-corrected chi connectivity index (χ3v) is 2.71. The van der Waals surface area contributed by atoms with Crippen LogP contribution in [0.25, 0.3) is 0 Å². The van der Waals surface area contributed by atoms with Crippen molar-refractivity contribution in [2.24, 2.45) is 0 Å². The van der Waals surface area contributed by atoms with Gasteiger partial charge in [-0.1, -0.05) is 0 Å². The van der Waals surface area contributed by atoms with Gasteiger partial charge in [0.15, 0.2) is 12.2 Å². The van der Waals surface area contributed by atoms with Crippen molar-refractivity contribution < 1.29 is 38.1 Å². The minimum Gasteiger partial charge on any atom is -0.456 e. The SMILES string of the molecule is CC(=O)NC1C(OC(C)=O)OCC(OC(C)=O)C1OC(C)=O. The van der Waals surface area contributed by atoms with E-state index < -0.39 is 48.4 Å². The van der Waals surface area contributed by atoms with Gasteiger partial charge in [-0.25, -0.2) is 0 Å². The number of carbonyl (C=O) groups is 4. The van der Waals surface area contributed by atoms with Crippen LogP contribution in [0, 0.1) is 0 Å². The van der Waals surface area contributed by atoms with E-state index in [4.69, 9.17) is 18.9 Å². The number of carbonyl (C=O) groups excluding carboxylic acids is 4. The van der Waals surface area contributed by atoms with Crippen molar-refractivity contribution in [1.29, 1.82) is 0 Å². The maximum Gasteiger partial charge on any atom is 0.305 e. The van der Waals surface area contributed by atoms with E-state index in [0.717, 1.165) is 0 Å². The zero-order valence-electron chi connectivity index (χ0n) is 12.8. The molecule has 0 saturated carbocycles. The van der Waals surface area contributed by atoms with Gasteiger partial charge in [0.25, 0.3) is 0 Å². The second kappa shape index (κ2) is 7.74. The molecule has 4 atom stereocenters. The number of hydrogen-bond acceptors (Lipinski definition) is 8. The van der Waals surface area contributed by atoms with Crippen LogP contribution in [0.5, 0.6) is 0 Å². The predicted octanol–water partition coefficient (Wildman–Crippen LogP) is -0.726. The van der Waals surface area contributed by atoms with Crippen molar-refractivity contribution in [2.75, 3.05) is 6.61 Å². The molecular weight excluding hydrogens is 298 g/mol. The Bertz CT molecular complexity index is 421. The quantitative estimate of drug-likeness (QED) is 0.533. The highest BCUT2D eigenvalue weighted by atomic mass is 16.7. The average molecular weight is 317 g/mol. The molecule has 1 saturated heterocycles. The molecule has 1 aliphatic rings. The van der Waals surface area contributed by atoms with Gasteiger partial charge in [-0.3, -0.25) is 19.2 Å². The normalized spacial score (nSPS) is 27.5. The first-order chi connectivity index (χ1) is 10.2. The minimum atomic E-state index is -1.16. The summed E-state index contributed by atoms with van der Waals surface area (Å²) in [7, 11) is 0. The summed E-state index contributed by atoms with van der Waals surface area (Å²) in [4.78, 5) is 44.9. The number of nitrogens with one attached hydrogen (secondary N) is 1. The molecule has 4 unspecified atom stereocenters. The lowest BCUT2D eigenvalue weighted by atomic mass is 10.0. The van der Waals surface area contributed by atoms with Crippen LogP contribution in [-0.2, 0) is 38.1 Å². The van der Waals surface area contributed by atoms with Crippen LogP contribution in [0.3, 0.4) is 0 Å². The van der Waals surface area contributed by atoms with E-state index in [1.807, 2.05) is 0 Å². The number of amides is 1. The summed E-state index contributed by atoms with van der Waals surface area (Å²) >= 11 is 0. The third-order valence-electron chi connectivity index (χ3n) is 2.71. The van der Waals surface area contributed by atoms with Crippen LogP contribution in [0.2, 0.25) is 0 Å². The summed E-state index contributed by atoms with van der Waals surface area (Å²) in [5.41, 5.74) is 0.